The number of hydrogen-bond donors (Lipinski definition) is 0. The second kappa shape index (κ2) is 8.72. The molecule has 0 bridgehead atoms. The van der Waals surface area contributed by atoms with Gasteiger partial charge in [0.15, 0.2) is 0 Å². The van der Waals surface area contributed by atoms with Crippen LogP contribution in [0.3, 0.4) is 0 Å². The highest BCUT2D eigenvalue weighted by atomic mass is 16.1. The normalized spacial score (nSPS) is 23.4. The average molecular weight is 238 g/mol. The first-order valence-corrected chi connectivity index (χ1v) is 7.72. The van der Waals surface area contributed by atoms with Gasteiger partial charge in [0.05, 0.1) is 0 Å². The summed E-state index contributed by atoms with van der Waals surface area (Å²) in [4.78, 5) is 11.5. The van der Waals surface area contributed by atoms with Crippen LogP contribution < -0.4 is 0 Å². The van der Waals surface area contributed by atoms with Crippen molar-refractivity contribution in [3.63, 3.8) is 0 Å². The molecule has 0 heterocycles. The summed E-state index contributed by atoms with van der Waals surface area (Å²) in [5, 5.41) is 0. The van der Waals surface area contributed by atoms with Gasteiger partial charge in [-0.15, -0.1) is 0 Å². The summed E-state index contributed by atoms with van der Waals surface area (Å²) in [5.41, 5.74) is 0. The summed E-state index contributed by atoms with van der Waals surface area (Å²) in [6.45, 7) is 3.90. The fourth-order valence-electron chi connectivity index (χ4n) is 3.03. The number of hydrogen-bond acceptors (Lipinski definition) is 1. The van der Waals surface area contributed by atoms with Gasteiger partial charge in [0.2, 0.25) is 0 Å². The van der Waals surface area contributed by atoms with Crippen molar-refractivity contribution >= 4 is 5.78 Å². The molecule has 0 aliphatic heterocycles. The zero-order chi connectivity index (χ0) is 12.5. The molecule has 1 rings (SSSR count). The van der Waals surface area contributed by atoms with Gasteiger partial charge in [-0.25, -0.2) is 0 Å². The molecule has 0 aromatic heterocycles. The molecule has 0 N–H and O–H groups in total. The predicted molar refractivity (Wildman–Crippen MR) is 74.1 cm³/mol. The highest BCUT2D eigenvalue weighted by Crippen LogP contribution is 2.27. The van der Waals surface area contributed by atoms with E-state index in [2.05, 4.69) is 6.92 Å². The number of carbonyl (C=O) groups is 1. The van der Waals surface area contributed by atoms with Gasteiger partial charge in [-0.1, -0.05) is 64.7 Å². The molecule has 1 nitrogen and oxygen atoms in total. The minimum atomic E-state index is 0.290. The number of Topliss-reactive ketones (excluding diaryl/α,β-unsaturated/α-hetero) is 1. The maximum atomic E-state index is 11.5. The third-order valence-electron chi connectivity index (χ3n) is 4.50. The minimum absolute atomic E-state index is 0.290. The average Bonchev–Trinajstić information content (AvgIpc) is 2.29. The van der Waals surface area contributed by atoms with Crippen LogP contribution in [-0.4, -0.2) is 5.78 Å². The summed E-state index contributed by atoms with van der Waals surface area (Å²) in [6.07, 6.45) is 15.1. The molecule has 1 aliphatic rings. The van der Waals surface area contributed by atoms with Gasteiger partial charge in [0, 0.05) is 5.92 Å². The third kappa shape index (κ3) is 6.24. The Balaban J connectivity index is 2.39. The Morgan fingerprint density at radius 2 is 1.18 bits per heavy atom. The highest BCUT2D eigenvalue weighted by molar-refractivity contribution is 5.78. The van der Waals surface area contributed by atoms with Crippen LogP contribution in [0, 0.1) is 11.8 Å². The second-order valence-electron chi connectivity index (χ2n) is 5.92. The van der Waals surface area contributed by atoms with E-state index in [9.17, 15) is 4.79 Å². The Morgan fingerprint density at radius 1 is 0.824 bits per heavy atom. The monoisotopic (exact) mass is 238 g/mol. The Morgan fingerprint density at radius 3 is 1.53 bits per heavy atom. The smallest absolute Gasteiger partial charge is 0.132 e. The molecule has 1 unspecified atom stereocenters. The molecule has 0 saturated heterocycles. The van der Waals surface area contributed by atoms with Crippen molar-refractivity contribution in [2.45, 2.75) is 84.5 Å². The van der Waals surface area contributed by atoms with E-state index >= 15 is 0 Å². The van der Waals surface area contributed by atoms with Crippen molar-refractivity contribution in [1.29, 1.82) is 0 Å². The van der Waals surface area contributed by atoms with Gasteiger partial charge in [-0.05, 0) is 25.7 Å². The van der Waals surface area contributed by atoms with Gasteiger partial charge in [0.1, 0.15) is 5.78 Å². The van der Waals surface area contributed by atoms with Crippen molar-refractivity contribution in [2.75, 3.05) is 0 Å². The molecule has 1 heteroatoms. The van der Waals surface area contributed by atoms with Crippen LogP contribution >= 0.6 is 0 Å². The molecule has 0 amide bonds. The van der Waals surface area contributed by atoms with Gasteiger partial charge in [0.25, 0.3) is 0 Å². The predicted octanol–water partition coefficient (Wildman–Crippen LogP) is 5.13. The Kier molecular flexibility index (Phi) is 7.55. The molecule has 1 fully saturated rings. The van der Waals surface area contributed by atoms with Crippen molar-refractivity contribution in [3.05, 3.63) is 0 Å². The summed E-state index contributed by atoms with van der Waals surface area (Å²) >= 11 is 0. The first-order valence-electron chi connectivity index (χ1n) is 7.72. The van der Waals surface area contributed by atoms with E-state index in [1.54, 1.807) is 6.92 Å². The fourth-order valence-corrected chi connectivity index (χ4v) is 3.03. The van der Waals surface area contributed by atoms with Gasteiger partial charge in [-0.2, -0.15) is 0 Å². The molecule has 17 heavy (non-hydrogen) atoms. The largest absolute Gasteiger partial charge is 0.300 e. The highest BCUT2D eigenvalue weighted by Gasteiger charge is 2.20. The molecule has 0 spiro atoms. The lowest BCUT2D eigenvalue weighted by Gasteiger charge is -2.22. The first kappa shape index (κ1) is 14.7. The zero-order valence-corrected chi connectivity index (χ0v) is 11.8. The first-order chi connectivity index (χ1) is 8.22. The lowest BCUT2D eigenvalue weighted by atomic mass is 9.82. The number of ketones is 1. The van der Waals surface area contributed by atoms with Crippen molar-refractivity contribution in [1.82, 2.24) is 0 Å². The van der Waals surface area contributed by atoms with Crippen LogP contribution in [0.15, 0.2) is 0 Å². The topological polar surface area (TPSA) is 17.1 Å². The zero-order valence-electron chi connectivity index (χ0n) is 11.8. The summed E-state index contributed by atoms with van der Waals surface area (Å²) in [6, 6.07) is 0. The van der Waals surface area contributed by atoms with Gasteiger partial charge < -0.3 is 0 Å². The van der Waals surface area contributed by atoms with E-state index in [1.807, 2.05) is 0 Å². The summed E-state index contributed by atoms with van der Waals surface area (Å²) < 4.78 is 0. The quantitative estimate of drug-likeness (QED) is 0.651. The van der Waals surface area contributed by atoms with E-state index in [0.29, 0.717) is 11.7 Å². The van der Waals surface area contributed by atoms with Gasteiger partial charge >= 0.3 is 0 Å². The second-order valence-corrected chi connectivity index (χ2v) is 5.92. The van der Waals surface area contributed by atoms with Crippen LogP contribution in [0.25, 0.3) is 0 Å². The van der Waals surface area contributed by atoms with Crippen LogP contribution in [0.4, 0.5) is 0 Å². The number of carbonyl (C=O) groups excluding carboxylic acids is 1. The molecule has 0 aromatic rings. The molecular weight excluding hydrogens is 208 g/mol. The SMILES string of the molecule is CC(=O)C(C)C1CCCCCCCCCCC1. The maximum absolute atomic E-state index is 11.5. The van der Waals surface area contributed by atoms with Crippen LogP contribution in [0.5, 0.6) is 0 Å². The summed E-state index contributed by atoms with van der Waals surface area (Å²) in [5.74, 6) is 1.34. The standard InChI is InChI=1S/C16H30O/c1-14(15(2)17)16-12-10-8-6-4-3-5-7-9-11-13-16/h14,16H,3-13H2,1-2H3. The van der Waals surface area contributed by atoms with Crippen molar-refractivity contribution in [2.24, 2.45) is 11.8 Å². The Hall–Kier alpha value is -0.330. The molecular formula is C16H30O. The van der Waals surface area contributed by atoms with E-state index in [-0.39, 0.29) is 5.92 Å². The number of rotatable bonds is 2. The van der Waals surface area contributed by atoms with E-state index in [0.717, 1.165) is 0 Å². The molecule has 0 radical (unpaired) electrons. The van der Waals surface area contributed by atoms with Crippen molar-refractivity contribution < 1.29 is 4.79 Å². The van der Waals surface area contributed by atoms with Crippen LogP contribution in [0.2, 0.25) is 0 Å². The lowest BCUT2D eigenvalue weighted by Crippen LogP contribution is -2.19. The minimum Gasteiger partial charge on any atom is -0.300 e. The molecule has 1 saturated carbocycles. The molecule has 100 valence electrons. The van der Waals surface area contributed by atoms with E-state index < -0.39 is 0 Å². The van der Waals surface area contributed by atoms with Crippen LogP contribution in [-0.2, 0) is 4.79 Å². The molecule has 1 atom stereocenters. The Bertz CT molecular complexity index is 198. The summed E-state index contributed by atoms with van der Waals surface area (Å²) in [7, 11) is 0. The maximum Gasteiger partial charge on any atom is 0.132 e. The Labute approximate surface area is 107 Å². The van der Waals surface area contributed by atoms with Crippen molar-refractivity contribution in [3.8, 4) is 0 Å². The molecule has 1 aliphatic carbocycles. The molecule has 0 aromatic carbocycles. The lowest BCUT2D eigenvalue weighted by molar-refractivity contribution is -0.122. The van der Waals surface area contributed by atoms with Gasteiger partial charge in [-0.3, -0.25) is 4.79 Å². The van der Waals surface area contributed by atoms with E-state index in [1.165, 1.54) is 70.6 Å². The fraction of sp³-hybridized carbons (Fsp3) is 0.938. The van der Waals surface area contributed by atoms with Crippen LogP contribution in [0.1, 0.15) is 84.5 Å². The van der Waals surface area contributed by atoms with E-state index in [4.69, 9.17) is 0 Å². The third-order valence-corrected chi connectivity index (χ3v) is 4.50.